The van der Waals surface area contributed by atoms with Crippen LogP contribution < -0.4 is 16.2 Å². The summed E-state index contributed by atoms with van der Waals surface area (Å²) >= 11 is 0. The Morgan fingerprint density at radius 3 is 2.45 bits per heavy atom. The first-order chi connectivity index (χ1) is 9.40. The van der Waals surface area contributed by atoms with Crippen molar-refractivity contribution in [2.75, 3.05) is 5.73 Å². The third-order valence-electron chi connectivity index (χ3n) is 3.32. The van der Waals surface area contributed by atoms with Crippen molar-refractivity contribution < 1.29 is 9.53 Å². The molecule has 0 spiro atoms. The molecule has 0 fully saturated rings. The van der Waals surface area contributed by atoms with E-state index in [0.717, 1.165) is 22.4 Å². The van der Waals surface area contributed by atoms with Gasteiger partial charge in [0, 0.05) is 0 Å². The van der Waals surface area contributed by atoms with Crippen molar-refractivity contribution >= 4 is 11.6 Å². The molecule has 1 amide bonds. The molecule has 0 saturated heterocycles. The Morgan fingerprint density at radius 1 is 1.10 bits per heavy atom. The molecular weight excluding hydrogens is 252 g/mol. The van der Waals surface area contributed by atoms with Crippen LogP contribution in [0.3, 0.4) is 0 Å². The first-order valence-corrected chi connectivity index (χ1v) is 6.34. The minimum Gasteiger partial charge on any atom is -0.455 e. The molecule has 20 heavy (non-hydrogen) atoms. The molecule has 104 valence electrons. The number of carbonyl (C=O) groups excluding carboxylic acids is 1. The quantitative estimate of drug-likeness (QED) is 0.841. The summed E-state index contributed by atoms with van der Waals surface area (Å²) < 4.78 is 5.86. The van der Waals surface area contributed by atoms with Crippen molar-refractivity contribution in [3.05, 3.63) is 52.6 Å². The fourth-order valence-corrected chi connectivity index (χ4v) is 2.07. The molecule has 0 aliphatic rings. The zero-order valence-electron chi connectivity index (χ0n) is 11.9. The lowest BCUT2D eigenvalue weighted by Gasteiger charge is -2.14. The second kappa shape index (κ2) is 5.25. The van der Waals surface area contributed by atoms with Crippen molar-refractivity contribution in [3.63, 3.8) is 0 Å². The second-order valence-corrected chi connectivity index (χ2v) is 4.89. The van der Waals surface area contributed by atoms with Gasteiger partial charge in [0.2, 0.25) is 0 Å². The van der Waals surface area contributed by atoms with E-state index in [2.05, 4.69) is 6.07 Å². The molecule has 2 rings (SSSR count). The van der Waals surface area contributed by atoms with Gasteiger partial charge in [0.15, 0.2) is 5.75 Å². The van der Waals surface area contributed by atoms with E-state index in [0.29, 0.717) is 5.75 Å². The van der Waals surface area contributed by atoms with E-state index >= 15 is 0 Å². The highest BCUT2D eigenvalue weighted by Gasteiger charge is 2.12. The third kappa shape index (κ3) is 2.59. The lowest BCUT2D eigenvalue weighted by atomic mass is 10.1. The molecule has 0 radical (unpaired) electrons. The Hall–Kier alpha value is -2.49. The van der Waals surface area contributed by atoms with Crippen LogP contribution in [0.2, 0.25) is 0 Å². The van der Waals surface area contributed by atoms with Crippen LogP contribution in [0.15, 0.2) is 30.3 Å². The van der Waals surface area contributed by atoms with Crippen LogP contribution in [0.5, 0.6) is 11.5 Å². The summed E-state index contributed by atoms with van der Waals surface area (Å²) in [7, 11) is 0. The maximum Gasteiger partial charge on any atom is 0.250 e. The molecule has 2 aromatic rings. The largest absolute Gasteiger partial charge is 0.455 e. The number of anilines is 1. The zero-order valence-corrected chi connectivity index (χ0v) is 11.9. The Bertz CT molecular complexity index is 678. The van der Waals surface area contributed by atoms with Crippen LogP contribution in [0.1, 0.15) is 27.0 Å². The van der Waals surface area contributed by atoms with Gasteiger partial charge in [-0.15, -0.1) is 0 Å². The number of hydrogen-bond donors (Lipinski definition) is 2. The highest BCUT2D eigenvalue weighted by atomic mass is 16.5. The van der Waals surface area contributed by atoms with E-state index in [1.165, 1.54) is 0 Å². The van der Waals surface area contributed by atoms with Crippen molar-refractivity contribution in [2.24, 2.45) is 5.73 Å². The predicted octanol–water partition coefficient (Wildman–Crippen LogP) is 3.09. The molecule has 0 aliphatic carbocycles. The third-order valence-corrected chi connectivity index (χ3v) is 3.32. The first kappa shape index (κ1) is 13.9. The minimum atomic E-state index is -0.565. The fourth-order valence-electron chi connectivity index (χ4n) is 2.07. The molecule has 4 heteroatoms. The number of ether oxygens (including phenoxy) is 1. The van der Waals surface area contributed by atoms with E-state index in [9.17, 15) is 4.79 Å². The van der Waals surface area contributed by atoms with Gasteiger partial charge in [-0.3, -0.25) is 4.79 Å². The predicted molar refractivity (Wildman–Crippen MR) is 80.1 cm³/mol. The van der Waals surface area contributed by atoms with Gasteiger partial charge in [-0.25, -0.2) is 0 Å². The molecular formula is C16H18N2O2. The van der Waals surface area contributed by atoms with Gasteiger partial charge < -0.3 is 16.2 Å². The molecule has 0 aliphatic heterocycles. The van der Waals surface area contributed by atoms with Crippen LogP contribution in [0.4, 0.5) is 5.69 Å². The first-order valence-electron chi connectivity index (χ1n) is 6.34. The summed E-state index contributed by atoms with van der Waals surface area (Å²) in [4.78, 5) is 11.3. The number of hydrogen-bond acceptors (Lipinski definition) is 3. The minimum absolute atomic E-state index is 0.263. The number of nitrogens with two attached hydrogens (primary N) is 2. The summed E-state index contributed by atoms with van der Waals surface area (Å²) in [5, 5.41) is 0. The highest BCUT2D eigenvalue weighted by molar-refractivity contribution is 5.99. The normalized spacial score (nSPS) is 10.3. The SMILES string of the molecule is Cc1cc(C)c(C)c(Oc2cccc(C(N)=O)c2N)c1. The molecule has 0 heterocycles. The maximum atomic E-state index is 11.3. The molecule has 4 nitrogen and oxygen atoms in total. The van der Waals surface area contributed by atoms with Crippen molar-refractivity contribution in [2.45, 2.75) is 20.8 Å². The molecule has 0 bridgehead atoms. The topological polar surface area (TPSA) is 78.3 Å². The summed E-state index contributed by atoms with van der Waals surface area (Å²) in [6, 6.07) is 9.03. The number of para-hydroxylation sites is 1. The van der Waals surface area contributed by atoms with Gasteiger partial charge in [-0.1, -0.05) is 12.1 Å². The van der Waals surface area contributed by atoms with E-state index in [1.807, 2.05) is 26.8 Å². The van der Waals surface area contributed by atoms with Crippen LogP contribution in [-0.4, -0.2) is 5.91 Å². The average Bonchev–Trinajstić information content (AvgIpc) is 2.37. The van der Waals surface area contributed by atoms with Crippen LogP contribution in [0.25, 0.3) is 0 Å². The van der Waals surface area contributed by atoms with Crippen LogP contribution >= 0.6 is 0 Å². The lowest BCUT2D eigenvalue weighted by Crippen LogP contribution is -2.13. The fraction of sp³-hybridized carbons (Fsp3) is 0.188. The highest BCUT2D eigenvalue weighted by Crippen LogP contribution is 2.33. The Kier molecular flexibility index (Phi) is 3.66. The van der Waals surface area contributed by atoms with E-state index in [4.69, 9.17) is 16.2 Å². The van der Waals surface area contributed by atoms with E-state index in [1.54, 1.807) is 18.2 Å². The smallest absolute Gasteiger partial charge is 0.250 e. The van der Waals surface area contributed by atoms with Crippen molar-refractivity contribution in [1.29, 1.82) is 0 Å². The van der Waals surface area contributed by atoms with Gasteiger partial charge >= 0.3 is 0 Å². The molecule has 0 atom stereocenters. The number of primary amides is 1. The molecule has 2 aromatic carbocycles. The summed E-state index contributed by atoms with van der Waals surface area (Å²) in [6.07, 6.45) is 0. The average molecular weight is 270 g/mol. The van der Waals surface area contributed by atoms with Gasteiger partial charge in [-0.05, 0) is 55.7 Å². The molecule has 0 aromatic heterocycles. The van der Waals surface area contributed by atoms with Gasteiger partial charge in [-0.2, -0.15) is 0 Å². The number of rotatable bonds is 3. The summed E-state index contributed by atoms with van der Waals surface area (Å²) in [5.41, 5.74) is 15.0. The molecule has 0 unspecified atom stereocenters. The van der Waals surface area contributed by atoms with Gasteiger partial charge in [0.25, 0.3) is 5.91 Å². The lowest BCUT2D eigenvalue weighted by molar-refractivity contribution is 0.100. The second-order valence-electron chi connectivity index (χ2n) is 4.89. The number of benzene rings is 2. The van der Waals surface area contributed by atoms with Gasteiger partial charge in [0.1, 0.15) is 5.75 Å². The Morgan fingerprint density at radius 2 is 1.80 bits per heavy atom. The van der Waals surface area contributed by atoms with Crippen LogP contribution in [-0.2, 0) is 0 Å². The summed E-state index contributed by atoms with van der Waals surface area (Å²) in [5.74, 6) is 0.607. The van der Waals surface area contributed by atoms with E-state index in [-0.39, 0.29) is 11.3 Å². The Balaban J connectivity index is 2.46. The van der Waals surface area contributed by atoms with Crippen molar-refractivity contribution in [1.82, 2.24) is 0 Å². The maximum absolute atomic E-state index is 11.3. The number of aryl methyl sites for hydroxylation is 2. The standard InChI is InChI=1S/C16H18N2O2/c1-9-7-10(2)11(3)14(8-9)20-13-6-4-5-12(15(13)17)16(18)19/h4-8H,17H2,1-3H3,(H2,18,19). The van der Waals surface area contributed by atoms with E-state index < -0.39 is 5.91 Å². The van der Waals surface area contributed by atoms with Crippen LogP contribution in [0, 0.1) is 20.8 Å². The Labute approximate surface area is 118 Å². The monoisotopic (exact) mass is 270 g/mol. The van der Waals surface area contributed by atoms with Crippen molar-refractivity contribution in [3.8, 4) is 11.5 Å². The molecule has 4 N–H and O–H groups in total. The number of carbonyl (C=O) groups is 1. The van der Waals surface area contributed by atoms with Gasteiger partial charge in [0.05, 0.1) is 11.3 Å². The molecule has 0 saturated carbocycles. The zero-order chi connectivity index (χ0) is 14.9. The number of nitrogen functional groups attached to an aromatic ring is 1. The number of amides is 1. The summed E-state index contributed by atoms with van der Waals surface area (Å²) in [6.45, 7) is 6.01.